The number of anilines is 1. The Labute approximate surface area is 108 Å². The Morgan fingerprint density at radius 1 is 1.50 bits per heavy atom. The first-order chi connectivity index (χ1) is 8.61. The van der Waals surface area contributed by atoms with Crippen LogP contribution in [0.4, 0.5) is 5.69 Å². The molecule has 0 radical (unpaired) electrons. The van der Waals surface area contributed by atoms with E-state index in [-0.39, 0.29) is 5.91 Å². The second-order valence-corrected chi connectivity index (χ2v) is 5.00. The third kappa shape index (κ3) is 2.64. The maximum Gasteiger partial charge on any atom is 0.227 e. The number of hydrogen-bond donors (Lipinski definition) is 1. The number of carbonyl (C=O) groups excluding carboxylic acids is 1. The van der Waals surface area contributed by atoms with Gasteiger partial charge in [0.2, 0.25) is 5.91 Å². The number of nitrogens with zero attached hydrogens (tertiary/aromatic N) is 1. The monoisotopic (exact) mass is 248 g/mol. The molecule has 1 heterocycles. The number of fused-ring (bicyclic) bond motifs is 1. The Morgan fingerprint density at radius 3 is 2.94 bits per heavy atom. The molecule has 0 bridgehead atoms. The van der Waals surface area contributed by atoms with Crippen LogP contribution in [-0.2, 0) is 11.3 Å². The molecule has 2 N–H and O–H groups in total. The second-order valence-electron chi connectivity index (χ2n) is 5.00. The molecule has 0 unspecified atom stereocenters. The van der Waals surface area contributed by atoms with Crippen LogP contribution < -0.4 is 15.4 Å². The Kier molecular flexibility index (Phi) is 3.87. The minimum atomic E-state index is 0.162. The molecule has 0 saturated carbocycles. The molecule has 0 aliphatic carbocycles. The van der Waals surface area contributed by atoms with Crippen LogP contribution in [0.25, 0.3) is 0 Å². The van der Waals surface area contributed by atoms with E-state index >= 15 is 0 Å². The third-order valence-corrected chi connectivity index (χ3v) is 3.01. The Morgan fingerprint density at radius 2 is 2.28 bits per heavy atom. The maximum atomic E-state index is 12.2. The summed E-state index contributed by atoms with van der Waals surface area (Å²) >= 11 is 0. The van der Waals surface area contributed by atoms with Crippen LogP contribution >= 0.6 is 0 Å². The molecule has 0 saturated heterocycles. The van der Waals surface area contributed by atoms with Gasteiger partial charge in [-0.15, -0.1) is 0 Å². The van der Waals surface area contributed by atoms with Crippen molar-refractivity contribution in [2.45, 2.75) is 26.8 Å². The van der Waals surface area contributed by atoms with Crippen LogP contribution in [0, 0.1) is 5.92 Å². The van der Waals surface area contributed by atoms with Gasteiger partial charge in [-0.1, -0.05) is 19.9 Å². The molecule has 0 fully saturated rings. The number of rotatable bonds is 3. The summed E-state index contributed by atoms with van der Waals surface area (Å²) in [6.07, 6.45) is 0.568. The lowest BCUT2D eigenvalue weighted by atomic mass is 10.1. The molecule has 4 nitrogen and oxygen atoms in total. The van der Waals surface area contributed by atoms with E-state index in [2.05, 4.69) is 13.8 Å². The lowest BCUT2D eigenvalue weighted by Crippen LogP contribution is -2.38. The fraction of sp³-hybridized carbons (Fsp3) is 0.500. The van der Waals surface area contributed by atoms with Gasteiger partial charge >= 0.3 is 0 Å². The van der Waals surface area contributed by atoms with Gasteiger partial charge < -0.3 is 15.4 Å². The molecule has 98 valence electrons. The lowest BCUT2D eigenvalue weighted by molar-refractivity contribution is -0.119. The summed E-state index contributed by atoms with van der Waals surface area (Å²) in [7, 11) is 0. The second kappa shape index (κ2) is 5.40. The van der Waals surface area contributed by atoms with Crippen molar-refractivity contribution in [3.05, 3.63) is 23.8 Å². The molecular weight excluding hydrogens is 228 g/mol. The van der Waals surface area contributed by atoms with Gasteiger partial charge in [-0.3, -0.25) is 4.79 Å². The first kappa shape index (κ1) is 12.9. The van der Waals surface area contributed by atoms with Gasteiger partial charge in [0.25, 0.3) is 0 Å². The fourth-order valence-electron chi connectivity index (χ4n) is 2.11. The summed E-state index contributed by atoms with van der Waals surface area (Å²) in [6, 6.07) is 5.79. The summed E-state index contributed by atoms with van der Waals surface area (Å²) in [6.45, 7) is 5.76. The van der Waals surface area contributed by atoms with Crippen LogP contribution in [-0.4, -0.2) is 19.1 Å². The van der Waals surface area contributed by atoms with Gasteiger partial charge in [0.1, 0.15) is 12.4 Å². The van der Waals surface area contributed by atoms with Crippen molar-refractivity contribution in [3.8, 4) is 5.75 Å². The summed E-state index contributed by atoms with van der Waals surface area (Å²) in [5.41, 5.74) is 7.49. The normalized spacial score (nSPS) is 14.3. The molecule has 0 aromatic heterocycles. The molecule has 4 heteroatoms. The van der Waals surface area contributed by atoms with E-state index in [9.17, 15) is 4.79 Å². The predicted molar refractivity (Wildman–Crippen MR) is 71.6 cm³/mol. The molecule has 1 aliphatic rings. The van der Waals surface area contributed by atoms with Crippen molar-refractivity contribution in [1.82, 2.24) is 0 Å². The molecule has 0 spiro atoms. The van der Waals surface area contributed by atoms with E-state index in [1.54, 1.807) is 0 Å². The predicted octanol–water partition coefficient (Wildman–Crippen LogP) is 1.92. The van der Waals surface area contributed by atoms with E-state index in [0.29, 0.717) is 32.0 Å². The molecular formula is C14H20N2O2. The maximum absolute atomic E-state index is 12.2. The van der Waals surface area contributed by atoms with Crippen LogP contribution in [0.1, 0.15) is 25.8 Å². The smallest absolute Gasteiger partial charge is 0.227 e. The summed E-state index contributed by atoms with van der Waals surface area (Å²) in [5.74, 6) is 1.29. The van der Waals surface area contributed by atoms with E-state index < -0.39 is 0 Å². The minimum absolute atomic E-state index is 0.162. The lowest BCUT2D eigenvalue weighted by Gasteiger charge is -2.30. The molecule has 0 atom stereocenters. The summed E-state index contributed by atoms with van der Waals surface area (Å²) in [5, 5.41) is 0. The van der Waals surface area contributed by atoms with Crippen molar-refractivity contribution < 1.29 is 9.53 Å². The van der Waals surface area contributed by atoms with E-state index in [1.807, 2.05) is 23.1 Å². The third-order valence-electron chi connectivity index (χ3n) is 3.01. The number of benzene rings is 1. The van der Waals surface area contributed by atoms with Crippen molar-refractivity contribution in [1.29, 1.82) is 0 Å². The number of carbonyl (C=O) groups is 1. The highest BCUT2D eigenvalue weighted by molar-refractivity contribution is 5.95. The van der Waals surface area contributed by atoms with Gasteiger partial charge in [-0.2, -0.15) is 0 Å². The van der Waals surface area contributed by atoms with Crippen LogP contribution in [0.5, 0.6) is 5.75 Å². The number of hydrogen-bond acceptors (Lipinski definition) is 3. The Bertz CT molecular complexity index is 443. The van der Waals surface area contributed by atoms with Gasteiger partial charge in [0.05, 0.1) is 12.2 Å². The zero-order valence-electron chi connectivity index (χ0n) is 11.0. The van der Waals surface area contributed by atoms with Crippen LogP contribution in [0.15, 0.2) is 18.2 Å². The van der Waals surface area contributed by atoms with Crippen molar-refractivity contribution in [3.63, 3.8) is 0 Å². The standard InChI is InChI=1S/C14H20N2O2/c1-10(2)7-14(17)16-5-6-18-13-8-11(9-15)3-4-12(13)16/h3-4,8,10H,5-7,9,15H2,1-2H3. The molecule has 18 heavy (non-hydrogen) atoms. The molecule has 2 rings (SSSR count). The molecule has 1 amide bonds. The SMILES string of the molecule is CC(C)CC(=O)N1CCOc2cc(CN)ccc21. The molecule has 1 aliphatic heterocycles. The highest BCUT2D eigenvalue weighted by atomic mass is 16.5. The quantitative estimate of drug-likeness (QED) is 0.889. The topological polar surface area (TPSA) is 55.6 Å². The summed E-state index contributed by atoms with van der Waals surface area (Å²) < 4.78 is 5.60. The number of ether oxygens (including phenoxy) is 1. The molecule has 1 aromatic rings. The van der Waals surface area contributed by atoms with E-state index in [0.717, 1.165) is 17.0 Å². The largest absolute Gasteiger partial charge is 0.490 e. The van der Waals surface area contributed by atoms with Crippen molar-refractivity contribution in [2.24, 2.45) is 11.7 Å². The average Bonchev–Trinajstić information content (AvgIpc) is 2.36. The zero-order chi connectivity index (χ0) is 13.1. The molecule has 1 aromatic carbocycles. The van der Waals surface area contributed by atoms with Crippen molar-refractivity contribution in [2.75, 3.05) is 18.1 Å². The fourth-order valence-corrected chi connectivity index (χ4v) is 2.11. The highest BCUT2D eigenvalue weighted by Crippen LogP contribution is 2.33. The average molecular weight is 248 g/mol. The zero-order valence-corrected chi connectivity index (χ0v) is 11.0. The van der Waals surface area contributed by atoms with Gasteiger partial charge in [0.15, 0.2) is 0 Å². The minimum Gasteiger partial charge on any atom is -0.490 e. The first-order valence-corrected chi connectivity index (χ1v) is 6.38. The Hall–Kier alpha value is -1.55. The van der Waals surface area contributed by atoms with Crippen LogP contribution in [0.3, 0.4) is 0 Å². The van der Waals surface area contributed by atoms with Gasteiger partial charge in [-0.05, 0) is 23.6 Å². The first-order valence-electron chi connectivity index (χ1n) is 6.38. The Balaban J connectivity index is 2.25. The number of amides is 1. The van der Waals surface area contributed by atoms with Gasteiger partial charge in [-0.25, -0.2) is 0 Å². The summed E-state index contributed by atoms with van der Waals surface area (Å²) in [4.78, 5) is 14.0. The van der Waals surface area contributed by atoms with Crippen LogP contribution in [0.2, 0.25) is 0 Å². The van der Waals surface area contributed by atoms with E-state index in [4.69, 9.17) is 10.5 Å². The van der Waals surface area contributed by atoms with Gasteiger partial charge in [0, 0.05) is 13.0 Å². The van der Waals surface area contributed by atoms with E-state index in [1.165, 1.54) is 0 Å². The number of nitrogens with two attached hydrogens (primary N) is 1. The highest BCUT2D eigenvalue weighted by Gasteiger charge is 2.24. The van der Waals surface area contributed by atoms with Crippen molar-refractivity contribution >= 4 is 11.6 Å².